The van der Waals surface area contributed by atoms with Gasteiger partial charge >= 0.3 is 11.8 Å². The molecule has 1 aromatic rings. The van der Waals surface area contributed by atoms with Gasteiger partial charge in [0.15, 0.2) is 5.78 Å². The summed E-state index contributed by atoms with van der Waals surface area (Å²) in [6.45, 7) is -0.0865. The van der Waals surface area contributed by atoms with E-state index in [4.69, 9.17) is 0 Å². The molecule has 2 rings (SSSR count). The van der Waals surface area contributed by atoms with E-state index in [1.807, 2.05) is 0 Å². The Hall–Kier alpha value is -2.31. The van der Waals surface area contributed by atoms with E-state index in [0.29, 0.717) is 0 Å². The number of carbonyl (C=O) groups is 3. The highest BCUT2D eigenvalue weighted by Crippen LogP contribution is 2.14. The highest BCUT2D eigenvalue weighted by Gasteiger charge is 2.32. The van der Waals surface area contributed by atoms with Crippen LogP contribution in [0, 0.1) is 11.6 Å². The Kier molecular flexibility index (Phi) is 3.78. The van der Waals surface area contributed by atoms with Gasteiger partial charge in [-0.15, -0.1) is 0 Å². The van der Waals surface area contributed by atoms with E-state index in [9.17, 15) is 23.2 Å². The predicted octanol–water partition coefficient (Wildman–Crippen LogP) is 0.448. The topological polar surface area (TPSA) is 57.7 Å². The quantitative estimate of drug-likeness (QED) is 0.597. The summed E-state index contributed by atoms with van der Waals surface area (Å²) in [5.74, 6) is -4.42. The molecule has 1 heterocycles. The van der Waals surface area contributed by atoms with Gasteiger partial charge in [-0.3, -0.25) is 14.4 Å². The zero-order chi connectivity index (χ0) is 14.9. The van der Waals surface area contributed by atoms with Gasteiger partial charge in [0.2, 0.25) is 0 Å². The Morgan fingerprint density at radius 1 is 1.15 bits per heavy atom. The highest BCUT2D eigenvalue weighted by atomic mass is 19.1. The summed E-state index contributed by atoms with van der Waals surface area (Å²) in [6.07, 6.45) is 0. The average molecular weight is 282 g/mol. The molecule has 0 atom stereocenters. The smallest absolute Gasteiger partial charge is 0.312 e. The minimum absolute atomic E-state index is 0.156. The van der Waals surface area contributed by atoms with E-state index in [1.54, 1.807) is 0 Å². The number of rotatable bonds is 3. The number of hydrogen-bond donors (Lipinski definition) is 0. The Balaban J connectivity index is 2.16. The Bertz CT molecular complexity index is 569. The second-order valence-corrected chi connectivity index (χ2v) is 4.47. The Labute approximate surface area is 113 Å². The van der Waals surface area contributed by atoms with E-state index in [-0.39, 0.29) is 13.1 Å². The van der Waals surface area contributed by atoms with Gasteiger partial charge in [-0.1, -0.05) is 6.07 Å². The van der Waals surface area contributed by atoms with Crippen molar-refractivity contribution in [1.82, 2.24) is 9.80 Å². The Morgan fingerprint density at radius 2 is 1.75 bits per heavy atom. The number of piperazine rings is 1. The van der Waals surface area contributed by atoms with Crippen LogP contribution < -0.4 is 0 Å². The first kappa shape index (κ1) is 14.1. The molecule has 1 saturated heterocycles. The summed E-state index contributed by atoms with van der Waals surface area (Å²) >= 11 is 0. The molecule has 0 spiro atoms. The molecule has 1 fully saturated rings. The fourth-order valence-electron chi connectivity index (χ4n) is 1.94. The summed E-state index contributed by atoms with van der Waals surface area (Å²) in [5, 5.41) is 0. The molecule has 20 heavy (non-hydrogen) atoms. The fraction of sp³-hybridized carbons (Fsp3) is 0.308. The Morgan fingerprint density at radius 3 is 2.35 bits per heavy atom. The van der Waals surface area contributed by atoms with Crippen molar-refractivity contribution < 1.29 is 23.2 Å². The summed E-state index contributed by atoms with van der Waals surface area (Å²) in [4.78, 5) is 37.2. The first-order chi connectivity index (χ1) is 9.41. The van der Waals surface area contributed by atoms with Crippen LogP contribution in [0.2, 0.25) is 0 Å². The number of likely N-dealkylation sites (N-methyl/N-ethyl adjacent to an activating group) is 1. The maximum Gasteiger partial charge on any atom is 0.312 e. The normalized spacial score (nSPS) is 15.8. The lowest BCUT2D eigenvalue weighted by Crippen LogP contribution is -2.54. The second-order valence-electron chi connectivity index (χ2n) is 4.47. The third-order valence-electron chi connectivity index (χ3n) is 3.10. The van der Waals surface area contributed by atoms with Gasteiger partial charge in [-0.2, -0.15) is 0 Å². The molecular weight excluding hydrogens is 270 g/mol. The summed E-state index contributed by atoms with van der Waals surface area (Å²) in [6, 6.07) is 3.08. The molecule has 0 bridgehead atoms. The van der Waals surface area contributed by atoms with Crippen molar-refractivity contribution in [3.63, 3.8) is 0 Å². The number of carbonyl (C=O) groups excluding carboxylic acids is 3. The zero-order valence-electron chi connectivity index (χ0n) is 10.7. The van der Waals surface area contributed by atoms with Crippen LogP contribution in [0.3, 0.4) is 0 Å². The van der Waals surface area contributed by atoms with Crippen LogP contribution in [0.4, 0.5) is 8.78 Å². The molecular formula is C13H12F2N2O3. The van der Waals surface area contributed by atoms with Crippen molar-refractivity contribution in [2.45, 2.75) is 0 Å². The lowest BCUT2D eigenvalue weighted by molar-refractivity contribution is -0.154. The van der Waals surface area contributed by atoms with E-state index in [1.165, 1.54) is 11.9 Å². The number of halogens is 2. The largest absolute Gasteiger partial charge is 0.336 e. The van der Waals surface area contributed by atoms with Crippen LogP contribution in [0.1, 0.15) is 10.4 Å². The van der Waals surface area contributed by atoms with E-state index >= 15 is 0 Å². The molecule has 0 saturated carbocycles. The lowest BCUT2D eigenvalue weighted by Gasteiger charge is -2.30. The van der Waals surface area contributed by atoms with Crippen LogP contribution in [-0.2, 0) is 9.59 Å². The van der Waals surface area contributed by atoms with Gasteiger partial charge in [0.25, 0.3) is 0 Å². The summed E-state index contributed by atoms with van der Waals surface area (Å²) < 4.78 is 26.9. The molecule has 5 nitrogen and oxygen atoms in total. The maximum atomic E-state index is 13.5. The molecule has 0 aliphatic carbocycles. The van der Waals surface area contributed by atoms with Gasteiger partial charge in [-0.25, -0.2) is 8.78 Å². The number of hydrogen-bond acceptors (Lipinski definition) is 3. The summed E-state index contributed by atoms with van der Waals surface area (Å²) in [7, 11) is 1.47. The molecule has 1 aliphatic rings. The molecule has 2 amide bonds. The van der Waals surface area contributed by atoms with Crippen molar-refractivity contribution in [3.8, 4) is 0 Å². The lowest BCUT2D eigenvalue weighted by atomic mass is 10.1. The van der Waals surface area contributed by atoms with Crippen LogP contribution in [-0.4, -0.2) is 54.1 Å². The number of amides is 2. The molecule has 106 valence electrons. The standard InChI is InChI=1S/C13H12F2N2O3/c1-16-5-6-17(13(20)12(16)19)7-10(18)11-8(14)3-2-4-9(11)15/h2-4H,5-7H2,1H3. The van der Waals surface area contributed by atoms with E-state index in [2.05, 4.69) is 0 Å². The molecule has 0 aromatic heterocycles. The van der Waals surface area contributed by atoms with Crippen molar-refractivity contribution in [1.29, 1.82) is 0 Å². The van der Waals surface area contributed by atoms with Crippen LogP contribution >= 0.6 is 0 Å². The van der Waals surface area contributed by atoms with Gasteiger partial charge in [0, 0.05) is 20.1 Å². The monoisotopic (exact) mass is 282 g/mol. The van der Waals surface area contributed by atoms with Crippen LogP contribution in [0.25, 0.3) is 0 Å². The maximum absolute atomic E-state index is 13.5. The van der Waals surface area contributed by atoms with Crippen LogP contribution in [0.5, 0.6) is 0 Å². The molecule has 0 N–H and O–H groups in total. The second kappa shape index (κ2) is 5.36. The van der Waals surface area contributed by atoms with E-state index in [0.717, 1.165) is 23.1 Å². The fourth-order valence-corrected chi connectivity index (χ4v) is 1.94. The van der Waals surface area contributed by atoms with Crippen LogP contribution in [0.15, 0.2) is 18.2 Å². The van der Waals surface area contributed by atoms with Crippen molar-refractivity contribution in [3.05, 3.63) is 35.4 Å². The molecule has 0 unspecified atom stereocenters. The first-order valence-corrected chi connectivity index (χ1v) is 5.93. The minimum atomic E-state index is -0.983. The van der Waals surface area contributed by atoms with Crippen molar-refractivity contribution >= 4 is 17.6 Å². The van der Waals surface area contributed by atoms with Gasteiger partial charge in [0.1, 0.15) is 11.6 Å². The number of Topliss-reactive ketones (excluding diaryl/α,β-unsaturated/α-hetero) is 1. The highest BCUT2D eigenvalue weighted by molar-refractivity contribution is 6.35. The molecule has 7 heteroatoms. The van der Waals surface area contributed by atoms with Gasteiger partial charge in [0.05, 0.1) is 12.1 Å². The predicted molar refractivity (Wildman–Crippen MR) is 64.9 cm³/mol. The van der Waals surface area contributed by atoms with Gasteiger partial charge in [-0.05, 0) is 12.1 Å². The molecule has 1 aliphatic heterocycles. The minimum Gasteiger partial charge on any atom is -0.336 e. The van der Waals surface area contributed by atoms with Crippen molar-refractivity contribution in [2.75, 3.05) is 26.7 Å². The number of benzene rings is 1. The zero-order valence-corrected chi connectivity index (χ0v) is 10.7. The molecule has 0 radical (unpaired) electrons. The van der Waals surface area contributed by atoms with Crippen molar-refractivity contribution in [2.24, 2.45) is 0 Å². The number of ketones is 1. The average Bonchev–Trinajstić information content (AvgIpc) is 2.39. The number of nitrogens with zero attached hydrogens (tertiary/aromatic N) is 2. The molecule has 1 aromatic carbocycles. The first-order valence-electron chi connectivity index (χ1n) is 5.93. The summed E-state index contributed by atoms with van der Waals surface area (Å²) in [5.41, 5.74) is -0.688. The third-order valence-corrected chi connectivity index (χ3v) is 3.10. The van der Waals surface area contributed by atoms with E-state index < -0.39 is 41.3 Å². The van der Waals surface area contributed by atoms with Gasteiger partial charge < -0.3 is 9.80 Å². The third kappa shape index (κ3) is 2.52. The SMILES string of the molecule is CN1CCN(CC(=O)c2c(F)cccc2F)C(=O)C1=O.